The van der Waals surface area contributed by atoms with E-state index in [1.807, 2.05) is 24.3 Å². The Morgan fingerprint density at radius 1 is 1.00 bits per heavy atom. The maximum atomic E-state index is 13.4. The molecular weight excluding hydrogens is 371 g/mol. The second-order valence-corrected chi connectivity index (χ2v) is 6.90. The van der Waals surface area contributed by atoms with Crippen LogP contribution in [0.4, 0.5) is 4.39 Å². The van der Waals surface area contributed by atoms with Crippen LogP contribution in [0.3, 0.4) is 0 Å². The molecule has 0 unspecified atom stereocenters. The van der Waals surface area contributed by atoms with Gasteiger partial charge in [0.1, 0.15) is 5.82 Å². The summed E-state index contributed by atoms with van der Waals surface area (Å²) in [6.45, 7) is 2.06. The number of fused-ring (bicyclic) bond motifs is 1. The quantitative estimate of drug-likeness (QED) is 0.561. The molecule has 1 aromatic heterocycles. The lowest BCUT2D eigenvalue weighted by Gasteiger charge is -2.22. The smallest absolute Gasteiger partial charge is 0.223 e. The lowest BCUT2D eigenvalue weighted by molar-refractivity contribution is -0.132. The fourth-order valence-electron chi connectivity index (χ4n) is 3.48. The lowest BCUT2D eigenvalue weighted by Crippen LogP contribution is -2.36. The van der Waals surface area contributed by atoms with Gasteiger partial charge in [0.15, 0.2) is 0 Å². The van der Waals surface area contributed by atoms with E-state index in [0.29, 0.717) is 39.1 Å². The van der Waals surface area contributed by atoms with Crippen LogP contribution in [-0.2, 0) is 20.7 Å². The van der Waals surface area contributed by atoms with Crippen molar-refractivity contribution >= 4 is 16.8 Å². The summed E-state index contributed by atoms with van der Waals surface area (Å²) in [5.41, 5.74) is 3.91. The first-order chi connectivity index (χ1) is 14.1. The molecule has 3 rings (SSSR count). The van der Waals surface area contributed by atoms with Crippen LogP contribution in [0.1, 0.15) is 12.0 Å². The minimum Gasteiger partial charge on any atom is -0.383 e. The molecule has 0 bridgehead atoms. The highest BCUT2D eigenvalue weighted by atomic mass is 19.1. The molecule has 0 radical (unpaired) electrons. The van der Waals surface area contributed by atoms with E-state index in [4.69, 9.17) is 9.47 Å². The monoisotopic (exact) mass is 398 g/mol. The highest BCUT2D eigenvalue weighted by Crippen LogP contribution is 2.31. The predicted octanol–water partition coefficient (Wildman–Crippen LogP) is 4.03. The second-order valence-electron chi connectivity index (χ2n) is 6.90. The fraction of sp³-hybridized carbons (Fsp3) is 0.348. The summed E-state index contributed by atoms with van der Waals surface area (Å²) in [4.78, 5) is 18.0. The maximum absolute atomic E-state index is 13.4. The number of nitrogens with zero attached hydrogens (tertiary/aromatic N) is 1. The first-order valence-electron chi connectivity index (χ1n) is 9.75. The van der Waals surface area contributed by atoms with Crippen LogP contribution in [0, 0.1) is 5.82 Å². The van der Waals surface area contributed by atoms with Crippen molar-refractivity contribution in [1.82, 2.24) is 9.88 Å². The Morgan fingerprint density at radius 2 is 1.66 bits per heavy atom. The molecule has 0 aliphatic rings. The van der Waals surface area contributed by atoms with Crippen LogP contribution >= 0.6 is 0 Å². The average molecular weight is 398 g/mol. The van der Waals surface area contributed by atoms with Gasteiger partial charge in [-0.3, -0.25) is 4.79 Å². The van der Waals surface area contributed by atoms with Crippen LogP contribution in [0.2, 0.25) is 0 Å². The number of aryl methyl sites for hydroxylation is 1. The molecule has 3 aromatic rings. The Balaban J connectivity index is 1.83. The average Bonchev–Trinajstić information content (AvgIpc) is 3.11. The molecule has 0 aliphatic heterocycles. The molecular formula is C23H27FN2O3. The van der Waals surface area contributed by atoms with Crippen LogP contribution in [0.15, 0.2) is 48.5 Å². The molecule has 154 valence electrons. The van der Waals surface area contributed by atoms with Gasteiger partial charge in [-0.05, 0) is 47.9 Å². The Morgan fingerprint density at radius 3 is 2.31 bits per heavy atom. The first kappa shape index (κ1) is 21.0. The van der Waals surface area contributed by atoms with E-state index in [2.05, 4.69) is 4.98 Å². The van der Waals surface area contributed by atoms with Crippen LogP contribution in [0.25, 0.3) is 22.2 Å². The van der Waals surface area contributed by atoms with Gasteiger partial charge in [-0.25, -0.2) is 4.39 Å². The minimum atomic E-state index is -0.270. The van der Waals surface area contributed by atoms with Crippen molar-refractivity contribution in [3.8, 4) is 11.3 Å². The van der Waals surface area contributed by atoms with Gasteiger partial charge in [0.05, 0.1) is 13.2 Å². The number of carbonyl (C=O) groups is 1. The van der Waals surface area contributed by atoms with Crippen molar-refractivity contribution in [2.75, 3.05) is 40.5 Å². The van der Waals surface area contributed by atoms with Crippen molar-refractivity contribution < 1.29 is 18.7 Å². The summed E-state index contributed by atoms with van der Waals surface area (Å²) in [5.74, 6) is -0.206. The molecule has 2 aromatic carbocycles. The van der Waals surface area contributed by atoms with Gasteiger partial charge < -0.3 is 19.4 Å². The SMILES string of the molecule is COCCN(CCOC)C(=O)CCc1c(-c2ccc(F)cc2)[nH]c2ccccc12. The largest absolute Gasteiger partial charge is 0.383 e. The Hall–Kier alpha value is -2.70. The minimum absolute atomic E-state index is 0.0643. The van der Waals surface area contributed by atoms with Crippen LogP contribution in [-0.4, -0.2) is 56.3 Å². The Bertz CT molecular complexity index is 929. The summed E-state index contributed by atoms with van der Waals surface area (Å²) in [6.07, 6.45) is 0.968. The number of nitrogens with one attached hydrogen (secondary N) is 1. The second kappa shape index (κ2) is 10.2. The Kier molecular flexibility index (Phi) is 7.38. The van der Waals surface area contributed by atoms with E-state index in [1.54, 1.807) is 31.3 Å². The highest BCUT2D eigenvalue weighted by molar-refractivity contribution is 5.91. The van der Waals surface area contributed by atoms with Crippen molar-refractivity contribution in [3.05, 3.63) is 59.9 Å². The fourth-order valence-corrected chi connectivity index (χ4v) is 3.48. The van der Waals surface area contributed by atoms with Gasteiger partial charge in [-0.2, -0.15) is 0 Å². The maximum Gasteiger partial charge on any atom is 0.223 e. The van der Waals surface area contributed by atoms with Crippen molar-refractivity contribution in [2.45, 2.75) is 12.8 Å². The highest BCUT2D eigenvalue weighted by Gasteiger charge is 2.17. The third-order valence-corrected chi connectivity index (χ3v) is 5.02. The number of H-pyrrole nitrogens is 1. The molecule has 0 saturated heterocycles. The lowest BCUT2D eigenvalue weighted by atomic mass is 10.0. The molecule has 0 atom stereocenters. The number of rotatable bonds is 10. The number of hydrogen-bond donors (Lipinski definition) is 1. The van der Waals surface area contributed by atoms with Gasteiger partial charge in [0.25, 0.3) is 0 Å². The molecule has 29 heavy (non-hydrogen) atoms. The number of benzene rings is 2. The third kappa shape index (κ3) is 5.22. The molecule has 5 nitrogen and oxygen atoms in total. The van der Waals surface area contributed by atoms with Crippen LogP contribution in [0.5, 0.6) is 0 Å². The number of hydrogen-bond acceptors (Lipinski definition) is 3. The van der Waals surface area contributed by atoms with Gasteiger partial charge in [-0.1, -0.05) is 18.2 Å². The molecule has 0 spiro atoms. The number of aromatic amines is 1. The summed E-state index contributed by atoms with van der Waals surface area (Å²) in [5, 5.41) is 1.08. The summed E-state index contributed by atoms with van der Waals surface area (Å²) in [6, 6.07) is 14.4. The number of aromatic nitrogens is 1. The first-order valence-corrected chi connectivity index (χ1v) is 9.75. The summed E-state index contributed by atoms with van der Waals surface area (Å²) >= 11 is 0. The molecule has 6 heteroatoms. The number of para-hydroxylation sites is 1. The summed E-state index contributed by atoms with van der Waals surface area (Å²) < 4.78 is 23.6. The Labute approximate surface area is 170 Å². The van der Waals surface area contributed by atoms with E-state index < -0.39 is 0 Å². The van der Waals surface area contributed by atoms with E-state index >= 15 is 0 Å². The summed E-state index contributed by atoms with van der Waals surface area (Å²) in [7, 11) is 3.25. The molecule has 0 aliphatic carbocycles. The molecule has 1 amide bonds. The zero-order valence-corrected chi connectivity index (χ0v) is 16.9. The van der Waals surface area contributed by atoms with Gasteiger partial charge in [-0.15, -0.1) is 0 Å². The number of halogens is 1. The standard InChI is InChI=1S/C23H27FN2O3/c1-28-15-13-26(14-16-29-2)22(27)12-11-20-19-5-3-4-6-21(19)25-23(20)17-7-9-18(24)10-8-17/h3-10,25H,11-16H2,1-2H3. The number of carbonyl (C=O) groups excluding carboxylic acids is 1. The normalized spacial score (nSPS) is 11.1. The number of amides is 1. The van der Waals surface area contributed by atoms with Gasteiger partial charge >= 0.3 is 0 Å². The van der Waals surface area contributed by atoms with Crippen molar-refractivity contribution in [1.29, 1.82) is 0 Å². The van der Waals surface area contributed by atoms with Gasteiger partial charge in [0.2, 0.25) is 5.91 Å². The predicted molar refractivity (Wildman–Crippen MR) is 112 cm³/mol. The van der Waals surface area contributed by atoms with Crippen molar-refractivity contribution in [2.24, 2.45) is 0 Å². The van der Waals surface area contributed by atoms with E-state index in [9.17, 15) is 9.18 Å². The van der Waals surface area contributed by atoms with E-state index in [0.717, 1.165) is 27.7 Å². The molecule has 0 saturated carbocycles. The molecule has 1 heterocycles. The van der Waals surface area contributed by atoms with Crippen LogP contribution < -0.4 is 0 Å². The van der Waals surface area contributed by atoms with Crippen molar-refractivity contribution in [3.63, 3.8) is 0 Å². The van der Waals surface area contributed by atoms with E-state index in [-0.39, 0.29) is 11.7 Å². The number of ether oxygens (including phenoxy) is 2. The van der Waals surface area contributed by atoms with E-state index in [1.165, 1.54) is 12.1 Å². The molecule has 0 fully saturated rings. The topological polar surface area (TPSA) is 54.6 Å². The number of methoxy groups -OCH3 is 2. The van der Waals surface area contributed by atoms with Gasteiger partial charge in [0, 0.05) is 50.3 Å². The zero-order chi connectivity index (χ0) is 20.6. The third-order valence-electron chi connectivity index (χ3n) is 5.02. The molecule has 1 N–H and O–H groups in total. The zero-order valence-electron chi connectivity index (χ0n) is 16.9.